The van der Waals surface area contributed by atoms with E-state index in [1.165, 1.54) is 0 Å². The number of carbonyl (C=O) groups is 1. The Hall–Kier alpha value is -1.16. The van der Waals surface area contributed by atoms with Crippen LogP contribution in [0, 0.1) is 13.8 Å². The highest BCUT2D eigenvalue weighted by Gasteiger charge is 2.26. The first-order valence-electron chi connectivity index (χ1n) is 6.18. The van der Waals surface area contributed by atoms with Crippen molar-refractivity contribution >= 4 is 27.7 Å². The van der Waals surface area contributed by atoms with Crippen LogP contribution in [0.5, 0.6) is 0 Å². The Morgan fingerprint density at radius 2 is 1.94 bits per heavy atom. The van der Waals surface area contributed by atoms with E-state index in [-0.39, 0.29) is 11.9 Å². The van der Waals surface area contributed by atoms with E-state index in [0.717, 1.165) is 34.0 Å². The summed E-state index contributed by atoms with van der Waals surface area (Å²) in [5, 5.41) is 2.87. The van der Waals surface area contributed by atoms with Crippen molar-refractivity contribution in [2.45, 2.75) is 39.7 Å². The van der Waals surface area contributed by atoms with Crippen molar-refractivity contribution in [2.24, 2.45) is 4.99 Å². The monoisotopic (exact) mass is 308 g/mol. The van der Waals surface area contributed by atoms with Crippen molar-refractivity contribution in [3.8, 4) is 0 Å². The van der Waals surface area contributed by atoms with E-state index in [9.17, 15) is 4.79 Å². The molecule has 1 amide bonds. The van der Waals surface area contributed by atoms with Gasteiger partial charge in [-0.2, -0.15) is 0 Å². The van der Waals surface area contributed by atoms with Gasteiger partial charge in [-0.1, -0.05) is 29.3 Å². The van der Waals surface area contributed by atoms with E-state index in [4.69, 9.17) is 0 Å². The maximum absolute atomic E-state index is 11.7. The van der Waals surface area contributed by atoms with Gasteiger partial charge in [-0.3, -0.25) is 9.79 Å². The van der Waals surface area contributed by atoms with E-state index in [2.05, 4.69) is 33.2 Å². The fourth-order valence-electron chi connectivity index (χ4n) is 2.15. The Morgan fingerprint density at radius 3 is 2.50 bits per heavy atom. The molecule has 0 radical (unpaired) electrons. The molecule has 1 aliphatic rings. The van der Waals surface area contributed by atoms with Crippen LogP contribution in [-0.4, -0.2) is 17.8 Å². The maximum Gasteiger partial charge on any atom is 0.250 e. The standard InChI is InChI=1S/C14H17BrN2O/c1-4-5-11-14(18)17-13(16-11)10-6-8(2)12(15)9(3)7-10/h6-7,11H,4-5H2,1-3H3,(H,16,17,18). The zero-order valence-corrected chi connectivity index (χ0v) is 12.5. The van der Waals surface area contributed by atoms with Gasteiger partial charge in [0.1, 0.15) is 11.9 Å². The molecule has 1 N–H and O–H groups in total. The van der Waals surface area contributed by atoms with E-state index in [1.54, 1.807) is 0 Å². The van der Waals surface area contributed by atoms with E-state index >= 15 is 0 Å². The number of hydrogen-bond acceptors (Lipinski definition) is 2. The van der Waals surface area contributed by atoms with E-state index < -0.39 is 0 Å². The average Bonchev–Trinajstić information content (AvgIpc) is 2.68. The van der Waals surface area contributed by atoms with E-state index in [0.29, 0.717) is 5.84 Å². The second-order valence-corrected chi connectivity index (χ2v) is 5.49. The van der Waals surface area contributed by atoms with Gasteiger partial charge >= 0.3 is 0 Å². The minimum absolute atomic E-state index is 0.0186. The zero-order chi connectivity index (χ0) is 13.3. The lowest BCUT2D eigenvalue weighted by molar-refractivity contribution is -0.120. The molecule has 1 aliphatic heterocycles. The molecule has 1 atom stereocenters. The number of rotatable bonds is 3. The average molecular weight is 309 g/mol. The molecular weight excluding hydrogens is 292 g/mol. The van der Waals surface area contributed by atoms with Crippen molar-refractivity contribution in [1.29, 1.82) is 0 Å². The van der Waals surface area contributed by atoms with Crippen LogP contribution in [0.25, 0.3) is 0 Å². The molecule has 1 aromatic rings. The van der Waals surface area contributed by atoms with Crippen molar-refractivity contribution in [2.75, 3.05) is 0 Å². The predicted octanol–water partition coefficient (Wildman–Crippen LogP) is 3.11. The highest BCUT2D eigenvalue weighted by molar-refractivity contribution is 9.10. The first-order chi connectivity index (χ1) is 8.52. The minimum Gasteiger partial charge on any atom is -0.309 e. The normalized spacial score (nSPS) is 18.8. The summed E-state index contributed by atoms with van der Waals surface area (Å²) in [5.74, 6) is 0.724. The molecule has 0 saturated heterocycles. The summed E-state index contributed by atoms with van der Waals surface area (Å²) in [6.07, 6.45) is 1.77. The number of carbonyl (C=O) groups excluding carboxylic acids is 1. The number of aryl methyl sites for hydroxylation is 2. The Balaban J connectivity index is 2.33. The molecule has 1 aromatic carbocycles. The smallest absolute Gasteiger partial charge is 0.250 e. The Bertz CT molecular complexity index is 500. The molecule has 1 unspecified atom stereocenters. The number of aliphatic imine (C=N–C) groups is 1. The van der Waals surface area contributed by atoms with Crippen molar-refractivity contribution in [3.05, 3.63) is 33.3 Å². The topological polar surface area (TPSA) is 41.5 Å². The number of amides is 1. The molecule has 0 aromatic heterocycles. The van der Waals surface area contributed by atoms with Crippen LogP contribution in [-0.2, 0) is 4.79 Å². The van der Waals surface area contributed by atoms with Crippen LogP contribution >= 0.6 is 15.9 Å². The third-order valence-electron chi connectivity index (χ3n) is 3.10. The molecule has 0 spiro atoms. The van der Waals surface area contributed by atoms with Gasteiger partial charge < -0.3 is 5.32 Å². The quantitative estimate of drug-likeness (QED) is 0.916. The Kier molecular flexibility index (Phi) is 3.85. The molecule has 3 nitrogen and oxygen atoms in total. The molecule has 18 heavy (non-hydrogen) atoms. The van der Waals surface area contributed by atoms with Gasteiger partial charge in [0.05, 0.1) is 0 Å². The van der Waals surface area contributed by atoms with E-state index in [1.807, 2.05) is 26.0 Å². The second kappa shape index (κ2) is 5.22. The summed E-state index contributed by atoms with van der Waals surface area (Å²) in [4.78, 5) is 16.2. The molecule has 0 aliphatic carbocycles. The van der Waals surface area contributed by atoms with Crippen LogP contribution in [0.15, 0.2) is 21.6 Å². The van der Waals surface area contributed by atoms with Crippen LogP contribution in [0.3, 0.4) is 0 Å². The molecule has 0 bridgehead atoms. The third-order valence-corrected chi connectivity index (χ3v) is 4.35. The van der Waals surface area contributed by atoms with Crippen LogP contribution < -0.4 is 5.32 Å². The van der Waals surface area contributed by atoms with Gasteiger partial charge in [0, 0.05) is 10.0 Å². The summed E-state index contributed by atoms with van der Waals surface area (Å²) >= 11 is 3.54. The van der Waals surface area contributed by atoms with Crippen molar-refractivity contribution in [1.82, 2.24) is 5.32 Å². The minimum atomic E-state index is -0.214. The van der Waals surface area contributed by atoms with Crippen LogP contribution in [0.1, 0.15) is 36.5 Å². The molecule has 4 heteroatoms. The maximum atomic E-state index is 11.7. The fraction of sp³-hybridized carbons (Fsp3) is 0.429. The number of hydrogen-bond donors (Lipinski definition) is 1. The van der Waals surface area contributed by atoms with Gasteiger partial charge in [-0.15, -0.1) is 0 Å². The number of nitrogens with zero attached hydrogens (tertiary/aromatic N) is 1. The van der Waals surface area contributed by atoms with Crippen molar-refractivity contribution < 1.29 is 4.79 Å². The van der Waals surface area contributed by atoms with Gasteiger partial charge in [-0.25, -0.2) is 0 Å². The summed E-state index contributed by atoms with van der Waals surface area (Å²) in [5.41, 5.74) is 3.29. The van der Waals surface area contributed by atoms with Gasteiger partial charge in [0.2, 0.25) is 5.91 Å². The SMILES string of the molecule is CCCC1N=C(c2cc(C)c(Br)c(C)c2)NC1=O. The highest BCUT2D eigenvalue weighted by atomic mass is 79.9. The summed E-state index contributed by atoms with van der Waals surface area (Å²) in [7, 11) is 0. The highest BCUT2D eigenvalue weighted by Crippen LogP contribution is 2.23. The van der Waals surface area contributed by atoms with Gasteiger partial charge in [0.15, 0.2) is 0 Å². The molecule has 1 heterocycles. The first kappa shape index (κ1) is 13.3. The summed E-state index contributed by atoms with van der Waals surface area (Å²) in [6, 6.07) is 3.88. The second-order valence-electron chi connectivity index (χ2n) is 4.70. The van der Waals surface area contributed by atoms with Gasteiger partial charge in [0.25, 0.3) is 0 Å². The molecule has 96 valence electrons. The summed E-state index contributed by atoms with van der Waals surface area (Å²) in [6.45, 7) is 6.15. The van der Waals surface area contributed by atoms with Crippen LogP contribution in [0.4, 0.5) is 0 Å². The van der Waals surface area contributed by atoms with Gasteiger partial charge in [-0.05, 0) is 43.5 Å². The number of amidine groups is 1. The largest absolute Gasteiger partial charge is 0.309 e. The first-order valence-corrected chi connectivity index (χ1v) is 6.98. The third kappa shape index (κ3) is 2.48. The number of halogens is 1. The van der Waals surface area contributed by atoms with Crippen LogP contribution in [0.2, 0.25) is 0 Å². The molecule has 2 rings (SSSR count). The molecule has 0 saturated carbocycles. The zero-order valence-electron chi connectivity index (χ0n) is 10.9. The lowest BCUT2D eigenvalue weighted by Gasteiger charge is -2.07. The Morgan fingerprint density at radius 1 is 1.33 bits per heavy atom. The number of benzene rings is 1. The lowest BCUT2D eigenvalue weighted by Crippen LogP contribution is -2.29. The summed E-state index contributed by atoms with van der Waals surface area (Å²) < 4.78 is 1.11. The molecular formula is C14H17BrN2O. The van der Waals surface area contributed by atoms with Crippen molar-refractivity contribution in [3.63, 3.8) is 0 Å². The lowest BCUT2D eigenvalue weighted by atomic mass is 10.1. The predicted molar refractivity (Wildman–Crippen MR) is 77.0 cm³/mol. The number of nitrogens with one attached hydrogen (secondary N) is 1. The Labute approximate surface area is 116 Å². The fourth-order valence-corrected chi connectivity index (χ4v) is 2.37. The molecule has 0 fully saturated rings.